The molecule has 0 atom stereocenters. The van der Waals surface area contributed by atoms with Gasteiger partial charge in [-0.25, -0.2) is 0 Å². The van der Waals surface area contributed by atoms with Crippen LogP contribution < -0.4 is 0 Å². The molecule has 0 aliphatic rings. The number of aromatic nitrogens is 3. The molecule has 1 aromatic heterocycles. The molecule has 0 saturated heterocycles. The third-order valence-corrected chi connectivity index (χ3v) is 5.95. The predicted octanol–water partition coefficient (Wildman–Crippen LogP) is 4.94. The summed E-state index contributed by atoms with van der Waals surface area (Å²) in [5, 5.41) is 28.1. The average Bonchev–Trinajstić information content (AvgIpc) is 3.36. The zero-order valence-corrected chi connectivity index (χ0v) is 20.3. The van der Waals surface area contributed by atoms with Crippen molar-refractivity contribution < 1.29 is 10.2 Å². The average molecular weight is 469 g/mol. The van der Waals surface area contributed by atoms with Gasteiger partial charge in [-0.05, 0) is 66.9 Å². The van der Waals surface area contributed by atoms with Crippen molar-refractivity contribution >= 4 is 11.1 Å². The van der Waals surface area contributed by atoms with E-state index in [0.29, 0.717) is 6.42 Å². The first-order valence-electron chi connectivity index (χ1n) is 11.9. The van der Waals surface area contributed by atoms with E-state index in [0.717, 1.165) is 58.6 Å². The molecule has 4 aromatic rings. The van der Waals surface area contributed by atoms with Crippen molar-refractivity contribution in [2.45, 2.75) is 19.4 Å². The van der Waals surface area contributed by atoms with Crippen molar-refractivity contribution in [3.05, 3.63) is 102 Å². The minimum absolute atomic E-state index is 0.127. The Morgan fingerprint density at radius 3 is 2.14 bits per heavy atom. The number of hydrogen-bond donors (Lipinski definition) is 2. The molecule has 0 bridgehead atoms. The summed E-state index contributed by atoms with van der Waals surface area (Å²) in [6, 6.07) is 26.0. The molecule has 0 fully saturated rings. The topological polar surface area (TPSA) is 74.4 Å². The lowest BCUT2D eigenvalue weighted by atomic mass is 9.87. The second kappa shape index (κ2) is 11.6. The van der Waals surface area contributed by atoms with Crippen molar-refractivity contribution in [3.63, 3.8) is 0 Å². The number of aliphatic hydroxyl groups is 1. The maximum absolute atomic E-state index is 9.87. The summed E-state index contributed by atoms with van der Waals surface area (Å²) >= 11 is 0. The minimum Gasteiger partial charge on any atom is -0.508 e. The molecule has 0 spiro atoms. The van der Waals surface area contributed by atoms with E-state index in [1.807, 2.05) is 55.3 Å². The standard InChI is InChI=1S/C29H32N4O2/c1-32(2)18-19-33-21-28(30-31-33)23-10-12-24(13-11-23)29(25-14-16-26(35)17-15-25)27(9-6-20-34)22-7-4-3-5-8-22/h3-5,7-8,10-17,21,34-35H,6,9,18-20H2,1-2H3/b29-27+. The third-order valence-electron chi connectivity index (χ3n) is 5.95. The molecule has 0 aliphatic heterocycles. The van der Waals surface area contributed by atoms with E-state index in [4.69, 9.17) is 0 Å². The minimum atomic E-state index is 0.127. The zero-order valence-electron chi connectivity index (χ0n) is 20.3. The van der Waals surface area contributed by atoms with Gasteiger partial charge >= 0.3 is 0 Å². The lowest BCUT2D eigenvalue weighted by Gasteiger charge is -2.18. The van der Waals surface area contributed by atoms with E-state index in [9.17, 15) is 10.2 Å². The summed E-state index contributed by atoms with van der Waals surface area (Å²) in [5.41, 5.74) is 7.30. The van der Waals surface area contributed by atoms with Crippen LogP contribution in [0.3, 0.4) is 0 Å². The van der Waals surface area contributed by atoms with Crippen LogP contribution >= 0.6 is 0 Å². The monoisotopic (exact) mass is 468 g/mol. The molecule has 4 rings (SSSR count). The van der Waals surface area contributed by atoms with Gasteiger partial charge in [0.2, 0.25) is 0 Å². The Hall–Kier alpha value is -3.74. The van der Waals surface area contributed by atoms with Gasteiger partial charge in [-0.3, -0.25) is 4.68 Å². The molecular formula is C29H32N4O2. The number of phenolic OH excluding ortho intramolecular Hbond substituents is 1. The Labute approximate surface area is 206 Å². The maximum Gasteiger partial charge on any atom is 0.115 e. The number of aromatic hydroxyl groups is 1. The molecule has 6 nitrogen and oxygen atoms in total. The third kappa shape index (κ3) is 6.23. The summed E-state index contributed by atoms with van der Waals surface area (Å²) in [4.78, 5) is 2.12. The van der Waals surface area contributed by atoms with Crippen LogP contribution in [0.15, 0.2) is 85.1 Å². The second-order valence-electron chi connectivity index (χ2n) is 8.84. The van der Waals surface area contributed by atoms with Crippen LogP contribution in [0, 0.1) is 0 Å². The van der Waals surface area contributed by atoms with Crippen molar-refractivity contribution in [3.8, 4) is 17.0 Å². The van der Waals surface area contributed by atoms with Gasteiger partial charge in [0.1, 0.15) is 11.4 Å². The molecule has 35 heavy (non-hydrogen) atoms. The first-order valence-corrected chi connectivity index (χ1v) is 11.9. The number of phenols is 1. The van der Waals surface area contributed by atoms with E-state index in [1.165, 1.54) is 0 Å². The van der Waals surface area contributed by atoms with Gasteiger partial charge < -0.3 is 15.1 Å². The summed E-state index contributed by atoms with van der Waals surface area (Å²) in [6.45, 7) is 1.82. The second-order valence-corrected chi connectivity index (χ2v) is 8.84. The Morgan fingerprint density at radius 1 is 0.857 bits per heavy atom. The molecule has 2 N–H and O–H groups in total. The SMILES string of the molecule is CN(C)CCn1cc(-c2ccc(/C(=C(/CCCO)c3ccccc3)c3ccc(O)cc3)cc2)nn1. The molecule has 0 radical (unpaired) electrons. The number of nitrogens with zero attached hydrogens (tertiary/aromatic N) is 4. The zero-order chi connectivity index (χ0) is 24.6. The Morgan fingerprint density at radius 2 is 1.51 bits per heavy atom. The number of allylic oxidation sites excluding steroid dienone is 1. The highest BCUT2D eigenvalue weighted by molar-refractivity contribution is 5.98. The van der Waals surface area contributed by atoms with Gasteiger partial charge in [0.15, 0.2) is 0 Å². The summed E-state index contributed by atoms with van der Waals surface area (Å²) in [5.74, 6) is 0.234. The highest BCUT2D eigenvalue weighted by Crippen LogP contribution is 2.36. The van der Waals surface area contributed by atoms with Crippen LogP contribution in [0.1, 0.15) is 29.5 Å². The number of likely N-dealkylation sites (N-methyl/N-ethyl adjacent to an activating group) is 1. The van der Waals surface area contributed by atoms with E-state index < -0.39 is 0 Å². The summed E-state index contributed by atoms with van der Waals surface area (Å²) < 4.78 is 1.87. The molecule has 0 amide bonds. The lowest BCUT2D eigenvalue weighted by Crippen LogP contribution is -2.18. The number of hydrogen-bond acceptors (Lipinski definition) is 5. The Kier molecular flexibility index (Phi) is 8.08. The largest absolute Gasteiger partial charge is 0.508 e. The Balaban J connectivity index is 1.75. The highest BCUT2D eigenvalue weighted by atomic mass is 16.3. The van der Waals surface area contributed by atoms with Crippen LogP contribution in [0.2, 0.25) is 0 Å². The molecule has 0 unspecified atom stereocenters. The predicted molar refractivity (Wildman–Crippen MR) is 141 cm³/mol. The highest BCUT2D eigenvalue weighted by Gasteiger charge is 2.15. The van der Waals surface area contributed by atoms with Crippen molar-refractivity contribution in [2.75, 3.05) is 27.2 Å². The quantitative estimate of drug-likeness (QED) is 0.322. The molecule has 0 saturated carbocycles. The Bertz CT molecular complexity index is 1240. The van der Waals surface area contributed by atoms with Crippen LogP contribution in [-0.2, 0) is 6.54 Å². The maximum atomic E-state index is 9.87. The molecule has 1 heterocycles. The van der Waals surface area contributed by atoms with Crippen molar-refractivity contribution in [1.82, 2.24) is 19.9 Å². The summed E-state index contributed by atoms with van der Waals surface area (Å²) in [7, 11) is 4.08. The number of benzene rings is 3. The first-order chi connectivity index (χ1) is 17.0. The van der Waals surface area contributed by atoms with Gasteiger partial charge in [0, 0.05) is 18.7 Å². The fourth-order valence-corrected chi connectivity index (χ4v) is 4.10. The van der Waals surface area contributed by atoms with Crippen LogP contribution in [0.25, 0.3) is 22.4 Å². The van der Waals surface area contributed by atoms with Crippen LogP contribution in [0.5, 0.6) is 5.75 Å². The van der Waals surface area contributed by atoms with Crippen LogP contribution in [0.4, 0.5) is 0 Å². The molecule has 3 aromatic carbocycles. The van der Waals surface area contributed by atoms with Gasteiger partial charge in [-0.15, -0.1) is 5.10 Å². The van der Waals surface area contributed by atoms with E-state index in [2.05, 4.69) is 51.6 Å². The molecule has 0 aliphatic carbocycles. The molecule has 180 valence electrons. The van der Waals surface area contributed by atoms with Crippen molar-refractivity contribution in [1.29, 1.82) is 0 Å². The number of rotatable bonds is 10. The smallest absolute Gasteiger partial charge is 0.115 e. The van der Waals surface area contributed by atoms with Crippen molar-refractivity contribution in [2.24, 2.45) is 0 Å². The lowest BCUT2D eigenvalue weighted by molar-refractivity contribution is 0.290. The van der Waals surface area contributed by atoms with E-state index in [-0.39, 0.29) is 12.4 Å². The van der Waals surface area contributed by atoms with Gasteiger partial charge in [0.05, 0.1) is 12.7 Å². The van der Waals surface area contributed by atoms with Gasteiger partial charge in [0.25, 0.3) is 0 Å². The van der Waals surface area contributed by atoms with Gasteiger partial charge in [-0.1, -0.05) is 71.9 Å². The first kappa shape index (κ1) is 24.4. The van der Waals surface area contributed by atoms with E-state index in [1.54, 1.807) is 12.1 Å². The molecular weight excluding hydrogens is 436 g/mol. The van der Waals surface area contributed by atoms with E-state index >= 15 is 0 Å². The van der Waals surface area contributed by atoms with Gasteiger partial charge in [-0.2, -0.15) is 0 Å². The summed E-state index contributed by atoms with van der Waals surface area (Å²) in [6.07, 6.45) is 3.38. The van der Waals surface area contributed by atoms with Crippen LogP contribution in [-0.4, -0.2) is 57.4 Å². The fraction of sp³-hybridized carbons (Fsp3) is 0.241. The number of aliphatic hydroxyl groups excluding tert-OH is 1. The fourth-order valence-electron chi connectivity index (χ4n) is 4.10. The molecule has 6 heteroatoms. The normalized spacial score (nSPS) is 12.1.